The SMILES string of the molecule is Cc1cc(OCCC(N)(C#N)c2ccccc2)ccc1F. The Bertz CT molecular complexity index is 652. The Kier molecular flexibility index (Phi) is 4.56. The minimum atomic E-state index is -1.09. The zero-order valence-electron chi connectivity index (χ0n) is 11.8. The highest BCUT2D eigenvalue weighted by atomic mass is 19.1. The van der Waals surface area contributed by atoms with Crippen molar-refractivity contribution in [1.29, 1.82) is 5.26 Å². The minimum Gasteiger partial charge on any atom is -0.493 e. The average Bonchev–Trinajstić information content (AvgIpc) is 2.51. The summed E-state index contributed by atoms with van der Waals surface area (Å²) in [6, 6.07) is 15.9. The molecular weight excluding hydrogens is 267 g/mol. The van der Waals surface area contributed by atoms with Crippen LogP contribution in [0.15, 0.2) is 48.5 Å². The highest BCUT2D eigenvalue weighted by Gasteiger charge is 2.26. The lowest BCUT2D eigenvalue weighted by molar-refractivity contribution is 0.280. The molecule has 3 nitrogen and oxygen atoms in total. The summed E-state index contributed by atoms with van der Waals surface area (Å²) in [6.45, 7) is 1.96. The quantitative estimate of drug-likeness (QED) is 0.916. The van der Waals surface area contributed by atoms with Gasteiger partial charge in [-0.15, -0.1) is 0 Å². The van der Waals surface area contributed by atoms with Crippen LogP contribution in [0.3, 0.4) is 0 Å². The van der Waals surface area contributed by atoms with Crippen LogP contribution >= 0.6 is 0 Å². The Morgan fingerprint density at radius 3 is 2.57 bits per heavy atom. The van der Waals surface area contributed by atoms with Gasteiger partial charge in [-0.2, -0.15) is 5.26 Å². The first-order valence-electron chi connectivity index (χ1n) is 6.70. The molecule has 2 aromatic carbocycles. The van der Waals surface area contributed by atoms with Gasteiger partial charge in [-0.3, -0.25) is 0 Å². The lowest BCUT2D eigenvalue weighted by atomic mass is 9.89. The molecule has 0 saturated heterocycles. The molecule has 4 heteroatoms. The van der Waals surface area contributed by atoms with Crippen LogP contribution in [-0.4, -0.2) is 6.61 Å². The monoisotopic (exact) mass is 284 g/mol. The van der Waals surface area contributed by atoms with Crippen LogP contribution < -0.4 is 10.5 Å². The summed E-state index contributed by atoms with van der Waals surface area (Å²) in [5.74, 6) is 0.305. The number of hydrogen-bond donors (Lipinski definition) is 1. The van der Waals surface area contributed by atoms with E-state index in [0.29, 0.717) is 17.7 Å². The predicted molar refractivity (Wildman–Crippen MR) is 79.2 cm³/mol. The summed E-state index contributed by atoms with van der Waals surface area (Å²) < 4.78 is 18.7. The van der Waals surface area contributed by atoms with Crippen molar-refractivity contribution in [3.8, 4) is 11.8 Å². The number of hydrogen-bond acceptors (Lipinski definition) is 3. The Balaban J connectivity index is 2.01. The lowest BCUT2D eigenvalue weighted by Crippen LogP contribution is -2.36. The van der Waals surface area contributed by atoms with Gasteiger partial charge in [0.25, 0.3) is 0 Å². The van der Waals surface area contributed by atoms with Crippen LogP contribution in [-0.2, 0) is 5.54 Å². The first-order valence-corrected chi connectivity index (χ1v) is 6.70. The third kappa shape index (κ3) is 3.59. The van der Waals surface area contributed by atoms with E-state index in [0.717, 1.165) is 5.56 Å². The second-order valence-corrected chi connectivity index (χ2v) is 4.96. The molecule has 0 aliphatic rings. The first-order chi connectivity index (χ1) is 10.0. The number of nitrogens with two attached hydrogens (primary N) is 1. The summed E-state index contributed by atoms with van der Waals surface area (Å²) in [6.07, 6.45) is 0.351. The summed E-state index contributed by atoms with van der Waals surface area (Å²) in [5.41, 5.74) is 6.33. The molecule has 108 valence electrons. The van der Waals surface area contributed by atoms with Crippen LogP contribution in [0.4, 0.5) is 4.39 Å². The van der Waals surface area contributed by atoms with Crippen LogP contribution in [0.5, 0.6) is 5.75 Å². The van der Waals surface area contributed by atoms with E-state index in [1.165, 1.54) is 6.07 Å². The molecule has 0 aliphatic heterocycles. The number of rotatable bonds is 5. The summed E-state index contributed by atoms with van der Waals surface area (Å²) >= 11 is 0. The van der Waals surface area contributed by atoms with E-state index in [2.05, 4.69) is 6.07 Å². The van der Waals surface area contributed by atoms with Crippen LogP contribution in [0, 0.1) is 24.1 Å². The second kappa shape index (κ2) is 6.38. The largest absolute Gasteiger partial charge is 0.493 e. The molecule has 0 amide bonds. The van der Waals surface area contributed by atoms with Gasteiger partial charge in [0.05, 0.1) is 12.7 Å². The van der Waals surface area contributed by atoms with Gasteiger partial charge in [0, 0.05) is 6.42 Å². The van der Waals surface area contributed by atoms with Crippen molar-refractivity contribution in [3.63, 3.8) is 0 Å². The summed E-state index contributed by atoms with van der Waals surface area (Å²) in [7, 11) is 0. The van der Waals surface area contributed by atoms with Crippen molar-refractivity contribution >= 4 is 0 Å². The van der Waals surface area contributed by atoms with Gasteiger partial charge in [-0.25, -0.2) is 4.39 Å². The van der Waals surface area contributed by atoms with Crippen molar-refractivity contribution in [1.82, 2.24) is 0 Å². The molecule has 0 saturated carbocycles. The predicted octanol–water partition coefficient (Wildman–Crippen LogP) is 3.28. The highest BCUT2D eigenvalue weighted by molar-refractivity contribution is 5.31. The molecule has 1 unspecified atom stereocenters. The van der Waals surface area contributed by atoms with Gasteiger partial charge in [0.2, 0.25) is 0 Å². The molecule has 0 aliphatic carbocycles. The Hall–Kier alpha value is -2.38. The maximum absolute atomic E-state index is 13.2. The van der Waals surface area contributed by atoms with Gasteiger partial charge in [-0.1, -0.05) is 30.3 Å². The molecule has 0 aromatic heterocycles. The van der Waals surface area contributed by atoms with E-state index >= 15 is 0 Å². The molecule has 2 rings (SSSR count). The van der Waals surface area contributed by atoms with Crippen LogP contribution in [0.25, 0.3) is 0 Å². The van der Waals surface area contributed by atoms with Gasteiger partial charge in [0.1, 0.15) is 17.1 Å². The highest BCUT2D eigenvalue weighted by Crippen LogP contribution is 2.22. The molecule has 0 fully saturated rings. The number of aryl methyl sites for hydroxylation is 1. The lowest BCUT2D eigenvalue weighted by Gasteiger charge is -2.22. The number of halogens is 1. The van der Waals surface area contributed by atoms with E-state index in [1.54, 1.807) is 19.1 Å². The number of nitrogens with zero attached hydrogens (tertiary/aromatic N) is 1. The topological polar surface area (TPSA) is 59.0 Å². The van der Waals surface area contributed by atoms with Crippen molar-refractivity contribution in [3.05, 3.63) is 65.5 Å². The molecule has 2 aromatic rings. The third-order valence-corrected chi connectivity index (χ3v) is 3.38. The smallest absolute Gasteiger partial charge is 0.133 e. The van der Waals surface area contributed by atoms with E-state index < -0.39 is 5.54 Å². The summed E-state index contributed by atoms with van der Waals surface area (Å²) in [5, 5.41) is 9.34. The Morgan fingerprint density at radius 2 is 1.95 bits per heavy atom. The zero-order valence-corrected chi connectivity index (χ0v) is 11.8. The molecule has 0 spiro atoms. The Morgan fingerprint density at radius 1 is 1.24 bits per heavy atom. The molecule has 0 bridgehead atoms. The maximum atomic E-state index is 13.2. The van der Waals surface area contributed by atoms with E-state index in [1.807, 2.05) is 30.3 Å². The van der Waals surface area contributed by atoms with Gasteiger partial charge in [-0.05, 0) is 36.2 Å². The molecular formula is C17H17FN2O. The fourth-order valence-electron chi connectivity index (χ4n) is 2.04. The molecule has 2 N–H and O–H groups in total. The van der Waals surface area contributed by atoms with Gasteiger partial charge in [0.15, 0.2) is 0 Å². The molecule has 1 atom stereocenters. The van der Waals surface area contributed by atoms with Crippen molar-refractivity contribution in [2.75, 3.05) is 6.61 Å². The summed E-state index contributed by atoms with van der Waals surface area (Å²) in [4.78, 5) is 0. The fraction of sp³-hybridized carbons (Fsp3) is 0.235. The van der Waals surface area contributed by atoms with E-state index in [4.69, 9.17) is 10.5 Å². The normalized spacial score (nSPS) is 13.2. The van der Waals surface area contributed by atoms with Crippen molar-refractivity contribution in [2.24, 2.45) is 5.73 Å². The zero-order chi connectivity index (χ0) is 15.3. The molecule has 0 radical (unpaired) electrons. The minimum absolute atomic E-state index is 0.267. The van der Waals surface area contributed by atoms with E-state index in [-0.39, 0.29) is 12.4 Å². The number of nitriles is 1. The third-order valence-electron chi connectivity index (χ3n) is 3.38. The fourth-order valence-corrected chi connectivity index (χ4v) is 2.04. The molecule has 0 heterocycles. The van der Waals surface area contributed by atoms with Crippen molar-refractivity contribution < 1.29 is 9.13 Å². The van der Waals surface area contributed by atoms with Crippen LogP contribution in [0.1, 0.15) is 17.5 Å². The number of benzene rings is 2. The van der Waals surface area contributed by atoms with E-state index in [9.17, 15) is 9.65 Å². The first kappa shape index (κ1) is 15.0. The average molecular weight is 284 g/mol. The van der Waals surface area contributed by atoms with Gasteiger partial charge < -0.3 is 10.5 Å². The second-order valence-electron chi connectivity index (χ2n) is 4.96. The number of ether oxygens (including phenoxy) is 1. The maximum Gasteiger partial charge on any atom is 0.133 e. The van der Waals surface area contributed by atoms with Crippen molar-refractivity contribution in [2.45, 2.75) is 18.9 Å². The standard InChI is InChI=1S/C17H17FN2O/c1-13-11-15(7-8-16(13)18)21-10-9-17(20,12-19)14-5-3-2-4-6-14/h2-8,11H,9-10,20H2,1H3. The Labute approximate surface area is 123 Å². The molecule has 21 heavy (non-hydrogen) atoms. The van der Waals surface area contributed by atoms with Gasteiger partial charge >= 0.3 is 0 Å². The van der Waals surface area contributed by atoms with Crippen LogP contribution in [0.2, 0.25) is 0 Å².